The fourth-order valence-electron chi connectivity index (χ4n) is 2.94. The minimum absolute atomic E-state index is 0.0534. The van der Waals surface area contributed by atoms with Crippen molar-refractivity contribution in [3.63, 3.8) is 0 Å². The third-order valence-electron chi connectivity index (χ3n) is 4.50. The molecule has 0 fully saturated rings. The van der Waals surface area contributed by atoms with Crippen LogP contribution in [0.3, 0.4) is 0 Å². The lowest BCUT2D eigenvalue weighted by molar-refractivity contribution is -0.114. The molecule has 32 heavy (non-hydrogen) atoms. The first-order valence-electron chi connectivity index (χ1n) is 10.3. The van der Waals surface area contributed by atoms with Gasteiger partial charge in [-0.3, -0.25) is 9.59 Å². The number of amides is 2. The fourth-order valence-corrected chi connectivity index (χ4v) is 2.94. The van der Waals surface area contributed by atoms with Crippen LogP contribution in [0.2, 0.25) is 0 Å². The molecule has 6 nitrogen and oxygen atoms in total. The molecule has 0 heterocycles. The molecular formula is C26H27N3O3. The quantitative estimate of drug-likeness (QED) is 0.411. The molecule has 0 aliphatic heterocycles. The van der Waals surface area contributed by atoms with Crippen molar-refractivity contribution < 1.29 is 14.3 Å². The molecule has 0 unspecified atom stereocenters. The molecule has 0 spiro atoms. The molecule has 3 aromatic carbocycles. The van der Waals surface area contributed by atoms with E-state index in [1.165, 1.54) is 0 Å². The van der Waals surface area contributed by atoms with Gasteiger partial charge in [0.2, 0.25) is 5.91 Å². The van der Waals surface area contributed by atoms with Crippen LogP contribution in [0.1, 0.15) is 22.8 Å². The van der Waals surface area contributed by atoms with Gasteiger partial charge in [-0.15, -0.1) is 0 Å². The lowest BCUT2D eigenvalue weighted by atomic mass is 10.1. The SMILES string of the molecule is C=C(C)COc1ccccc1NCC(=O)Nc1cccc(C(=O)NCc2ccccc2)c1. The summed E-state index contributed by atoms with van der Waals surface area (Å²) in [5.41, 5.74) is 3.67. The Balaban J connectivity index is 1.53. The van der Waals surface area contributed by atoms with Crippen LogP contribution in [0, 0.1) is 0 Å². The summed E-state index contributed by atoms with van der Waals surface area (Å²) in [6, 6.07) is 24.0. The highest BCUT2D eigenvalue weighted by atomic mass is 16.5. The third kappa shape index (κ3) is 7.02. The Morgan fingerprint density at radius 2 is 1.69 bits per heavy atom. The van der Waals surface area contributed by atoms with Gasteiger partial charge in [-0.1, -0.05) is 55.1 Å². The predicted octanol–water partition coefficient (Wildman–Crippen LogP) is 4.62. The third-order valence-corrected chi connectivity index (χ3v) is 4.50. The first-order chi connectivity index (χ1) is 15.5. The minimum Gasteiger partial charge on any atom is -0.487 e. The standard InChI is InChI=1S/C26H27N3O3/c1-19(2)18-32-24-14-7-6-13-23(24)27-17-25(30)29-22-12-8-11-21(15-22)26(31)28-16-20-9-4-3-5-10-20/h3-15,27H,1,16-18H2,2H3,(H,28,31)(H,29,30). The topological polar surface area (TPSA) is 79.5 Å². The van der Waals surface area contributed by atoms with E-state index in [2.05, 4.69) is 22.5 Å². The highest BCUT2D eigenvalue weighted by Gasteiger charge is 2.09. The van der Waals surface area contributed by atoms with Crippen LogP contribution in [-0.2, 0) is 11.3 Å². The van der Waals surface area contributed by atoms with Crippen molar-refractivity contribution in [1.82, 2.24) is 5.32 Å². The number of para-hydroxylation sites is 2. The molecule has 0 bridgehead atoms. The first-order valence-corrected chi connectivity index (χ1v) is 10.3. The summed E-state index contributed by atoms with van der Waals surface area (Å²) in [6.45, 7) is 6.62. The minimum atomic E-state index is -0.235. The predicted molar refractivity (Wildman–Crippen MR) is 128 cm³/mol. The van der Waals surface area contributed by atoms with E-state index in [4.69, 9.17) is 4.74 Å². The van der Waals surface area contributed by atoms with Gasteiger partial charge in [-0.05, 0) is 48.4 Å². The van der Waals surface area contributed by atoms with Gasteiger partial charge in [0, 0.05) is 17.8 Å². The van der Waals surface area contributed by atoms with Crippen LogP contribution in [-0.4, -0.2) is 25.0 Å². The van der Waals surface area contributed by atoms with Gasteiger partial charge in [-0.2, -0.15) is 0 Å². The van der Waals surface area contributed by atoms with Crippen LogP contribution < -0.4 is 20.7 Å². The average molecular weight is 430 g/mol. The summed E-state index contributed by atoms with van der Waals surface area (Å²) in [4.78, 5) is 24.9. The number of carbonyl (C=O) groups excluding carboxylic acids is 2. The maximum Gasteiger partial charge on any atom is 0.251 e. The van der Waals surface area contributed by atoms with E-state index in [1.54, 1.807) is 24.3 Å². The molecule has 164 valence electrons. The van der Waals surface area contributed by atoms with Gasteiger partial charge >= 0.3 is 0 Å². The molecule has 0 saturated carbocycles. The van der Waals surface area contributed by atoms with Gasteiger partial charge in [0.1, 0.15) is 12.4 Å². The Hall–Kier alpha value is -4.06. The molecular weight excluding hydrogens is 402 g/mol. The Labute approximate surface area is 188 Å². The largest absolute Gasteiger partial charge is 0.487 e. The van der Waals surface area contributed by atoms with E-state index in [1.807, 2.05) is 61.5 Å². The van der Waals surface area contributed by atoms with E-state index < -0.39 is 0 Å². The lowest BCUT2D eigenvalue weighted by Crippen LogP contribution is -2.24. The number of hydrogen-bond acceptors (Lipinski definition) is 4. The molecule has 0 atom stereocenters. The van der Waals surface area contributed by atoms with E-state index in [9.17, 15) is 9.59 Å². The average Bonchev–Trinajstić information content (AvgIpc) is 2.81. The number of hydrogen-bond donors (Lipinski definition) is 3. The second-order valence-electron chi connectivity index (χ2n) is 7.39. The summed E-state index contributed by atoms with van der Waals surface area (Å²) in [5, 5.41) is 8.79. The van der Waals surface area contributed by atoms with E-state index >= 15 is 0 Å². The van der Waals surface area contributed by atoms with Gasteiger partial charge in [0.15, 0.2) is 0 Å². The Morgan fingerprint density at radius 3 is 2.47 bits per heavy atom. The number of rotatable bonds is 10. The van der Waals surface area contributed by atoms with Gasteiger partial charge in [-0.25, -0.2) is 0 Å². The molecule has 3 rings (SSSR count). The number of ether oxygens (including phenoxy) is 1. The fraction of sp³-hybridized carbons (Fsp3) is 0.154. The van der Waals surface area contributed by atoms with Crippen LogP contribution in [0.5, 0.6) is 5.75 Å². The highest BCUT2D eigenvalue weighted by Crippen LogP contribution is 2.24. The van der Waals surface area contributed by atoms with Gasteiger partial charge in [0.05, 0.1) is 12.2 Å². The second-order valence-corrected chi connectivity index (χ2v) is 7.39. The summed E-state index contributed by atoms with van der Waals surface area (Å²) in [6.07, 6.45) is 0. The number of benzene rings is 3. The van der Waals surface area contributed by atoms with Crippen molar-refractivity contribution in [3.05, 3.63) is 102 Å². The van der Waals surface area contributed by atoms with Crippen molar-refractivity contribution >= 4 is 23.2 Å². The van der Waals surface area contributed by atoms with Crippen molar-refractivity contribution in [1.29, 1.82) is 0 Å². The number of anilines is 2. The summed E-state index contributed by atoms with van der Waals surface area (Å²) >= 11 is 0. The Bertz CT molecular complexity index is 1080. The number of carbonyl (C=O) groups is 2. The Kier molecular flexibility index (Phi) is 8.03. The molecule has 2 amide bonds. The smallest absolute Gasteiger partial charge is 0.251 e. The lowest BCUT2D eigenvalue weighted by Gasteiger charge is -2.13. The van der Waals surface area contributed by atoms with Crippen molar-refractivity contribution in [2.45, 2.75) is 13.5 Å². The van der Waals surface area contributed by atoms with Crippen molar-refractivity contribution in [2.24, 2.45) is 0 Å². The summed E-state index contributed by atoms with van der Waals surface area (Å²) in [7, 11) is 0. The molecule has 6 heteroatoms. The molecule has 0 saturated heterocycles. The summed E-state index contributed by atoms with van der Waals surface area (Å²) in [5.74, 6) is 0.216. The monoisotopic (exact) mass is 429 g/mol. The highest BCUT2D eigenvalue weighted by molar-refractivity contribution is 5.98. The van der Waals surface area contributed by atoms with Crippen molar-refractivity contribution in [2.75, 3.05) is 23.8 Å². The Morgan fingerprint density at radius 1 is 0.938 bits per heavy atom. The second kappa shape index (κ2) is 11.4. The van der Waals surface area contributed by atoms with Crippen LogP contribution >= 0.6 is 0 Å². The van der Waals surface area contributed by atoms with Gasteiger partial charge < -0.3 is 20.7 Å². The molecule has 0 aliphatic carbocycles. The maximum atomic E-state index is 12.5. The number of nitrogens with one attached hydrogen (secondary N) is 3. The zero-order chi connectivity index (χ0) is 22.8. The summed E-state index contributed by atoms with van der Waals surface area (Å²) < 4.78 is 5.71. The molecule has 3 N–H and O–H groups in total. The van der Waals surface area contributed by atoms with Crippen LogP contribution in [0.15, 0.2) is 91.0 Å². The molecule has 3 aromatic rings. The molecule has 0 aromatic heterocycles. The first kappa shape index (κ1) is 22.6. The zero-order valence-electron chi connectivity index (χ0n) is 18.1. The zero-order valence-corrected chi connectivity index (χ0v) is 18.1. The van der Waals surface area contributed by atoms with Crippen LogP contribution in [0.25, 0.3) is 0 Å². The van der Waals surface area contributed by atoms with Crippen LogP contribution in [0.4, 0.5) is 11.4 Å². The van der Waals surface area contributed by atoms with E-state index in [0.717, 1.165) is 16.8 Å². The van der Waals surface area contributed by atoms with E-state index in [0.29, 0.717) is 30.2 Å². The van der Waals surface area contributed by atoms with Crippen molar-refractivity contribution in [3.8, 4) is 5.75 Å². The van der Waals surface area contributed by atoms with Gasteiger partial charge in [0.25, 0.3) is 5.91 Å². The normalized spacial score (nSPS) is 10.2. The molecule has 0 radical (unpaired) electrons. The van der Waals surface area contributed by atoms with E-state index in [-0.39, 0.29) is 18.4 Å². The molecule has 0 aliphatic rings. The maximum absolute atomic E-state index is 12.5.